The lowest BCUT2D eigenvalue weighted by Gasteiger charge is -2.39. The van der Waals surface area contributed by atoms with Gasteiger partial charge in [0.15, 0.2) is 11.8 Å². The number of H-pyrrole nitrogens is 1. The van der Waals surface area contributed by atoms with Crippen LogP contribution in [0.5, 0.6) is 0 Å². The molecule has 21 heavy (non-hydrogen) atoms. The third kappa shape index (κ3) is 1.83. The van der Waals surface area contributed by atoms with E-state index in [2.05, 4.69) is 4.98 Å². The molecule has 0 saturated carbocycles. The van der Waals surface area contributed by atoms with Crippen LogP contribution in [0.3, 0.4) is 0 Å². The van der Waals surface area contributed by atoms with E-state index < -0.39 is 40.9 Å². The predicted molar refractivity (Wildman–Crippen MR) is 71.0 cm³/mol. The lowest BCUT2D eigenvalue weighted by Crippen LogP contribution is -2.57. The van der Waals surface area contributed by atoms with Gasteiger partial charge in [0.2, 0.25) is 0 Å². The van der Waals surface area contributed by atoms with Crippen LogP contribution in [0, 0.1) is 6.92 Å². The second kappa shape index (κ2) is 4.26. The van der Waals surface area contributed by atoms with Crippen LogP contribution in [-0.2, 0) is 9.47 Å². The normalized spacial score (nSPS) is 35.4. The largest absolute Gasteiger partial charge is 0.387 e. The molecular formula is C13H18N2O6. The first-order chi connectivity index (χ1) is 9.67. The van der Waals surface area contributed by atoms with E-state index in [9.17, 15) is 19.8 Å². The van der Waals surface area contributed by atoms with E-state index in [1.165, 1.54) is 24.6 Å². The molecule has 0 aliphatic carbocycles. The van der Waals surface area contributed by atoms with Gasteiger partial charge in [0.05, 0.1) is 12.2 Å². The summed E-state index contributed by atoms with van der Waals surface area (Å²) in [6.45, 7) is 4.64. The molecule has 0 amide bonds. The van der Waals surface area contributed by atoms with Gasteiger partial charge in [0.1, 0.15) is 12.2 Å². The van der Waals surface area contributed by atoms with Crippen LogP contribution >= 0.6 is 0 Å². The number of nitrogens with one attached hydrogen (secondary N) is 1. The molecule has 3 heterocycles. The zero-order chi connectivity index (χ0) is 15.6. The van der Waals surface area contributed by atoms with Crippen molar-refractivity contribution in [2.75, 3.05) is 6.61 Å². The van der Waals surface area contributed by atoms with E-state index in [0.29, 0.717) is 5.56 Å². The lowest BCUT2D eigenvalue weighted by atomic mass is 9.83. The van der Waals surface area contributed by atoms with E-state index in [4.69, 9.17) is 9.47 Å². The van der Waals surface area contributed by atoms with Crippen molar-refractivity contribution < 1.29 is 19.7 Å². The Balaban J connectivity index is 2.07. The molecule has 2 aliphatic rings. The number of aliphatic hydroxyl groups is 2. The maximum Gasteiger partial charge on any atom is 0.330 e. The van der Waals surface area contributed by atoms with E-state index >= 15 is 0 Å². The molecular weight excluding hydrogens is 280 g/mol. The first kappa shape index (κ1) is 14.5. The molecule has 2 aliphatic heterocycles. The van der Waals surface area contributed by atoms with Crippen molar-refractivity contribution in [3.8, 4) is 0 Å². The third-order valence-corrected chi connectivity index (χ3v) is 4.35. The van der Waals surface area contributed by atoms with E-state index in [-0.39, 0.29) is 6.61 Å². The van der Waals surface area contributed by atoms with Crippen LogP contribution in [-0.4, -0.2) is 49.8 Å². The monoisotopic (exact) mass is 298 g/mol. The Hall–Kier alpha value is -1.48. The van der Waals surface area contributed by atoms with Crippen molar-refractivity contribution >= 4 is 0 Å². The minimum atomic E-state index is -1.35. The second-order valence-corrected chi connectivity index (χ2v) is 6.16. The van der Waals surface area contributed by atoms with Gasteiger partial charge in [-0.2, -0.15) is 0 Å². The summed E-state index contributed by atoms with van der Waals surface area (Å²) in [6.07, 6.45) is -1.38. The Morgan fingerprint density at radius 1 is 1.48 bits per heavy atom. The second-order valence-electron chi connectivity index (χ2n) is 6.16. The predicted octanol–water partition coefficient (Wildman–Crippen LogP) is -1.36. The molecule has 8 nitrogen and oxygen atoms in total. The van der Waals surface area contributed by atoms with Gasteiger partial charge in [0, 0.05) is 11.8 Å². The fraction of sp³-hybridized carbons (Fsp3) is 0.692. The highest BCUT2D eigenvalue weighted by Crippen LogP contribution is 2.49. The van der Waals surface area contributed by atoms with E-state index in [1.54, 1.807) is 6.92 Å². The van der Waals surface area contributed by atoms with Crippen LogP contribution < -0.4 is 11.2 Å². The molecule has 2 bridgehead atoms. The molecule has 3 rings (SSSR count). The molecule has 116 valence electrons. The minimum absolute atomic E-state index is 0.0376. The molecule has 0 radical (unpaired) electrons. The molecule has 0 spiro atoms. The Bertz CT molecular complexity index is 687. The molecule has 2 unspecified atom stereocenters. The quantitative estimate of drug-likeness (QED) is 0.621. The summed E-state index contributed by atoms with van der Waals surface area (Å²) in [5, 5.41) is 20.7. The van der Waals surface area contributed by atoms with Gasteiger partial charge >= 0.3 is 5.69 Å². The molecule has 4 atom stereocenters. The summed E-state index contributed by atoms with van der Waals surface area (Å²) in [6, 6.07) is 0. The average Bonchev–Trinajstić information content (AvgIpc) is 2.86. The Labute approximate surface area is 119 Å². The van der Waals surface area contributed by atoms with Gasteiger partial charge in [-0.3, -0.25) is 14.3 Å². The first-order valence-electron chi connectivity index (χ1n) is 6.69. The maximum absolute atomic E-state index is 11.9. The molecule has 0 aromatic carbocycles. The number of aromatic nitrogens is 2. The number of hydrogen-bond donors (Lipinski definition) is 3. The minimum Gasteiger partial charge on any atom is -0.387 e. The van der Waals surface area contributed by atoms with Gasteiger partial charge in [-0.05, 0) is 20.8 Å². The molecule has 3 N–H and O–H groups in total. The zero-order valence-corrected chi connectivity index (χ0v) is 12.0. The van der Waals surface area contributed by atoms with Crippen LogP contribution in [0.4, 0.5) is 0 Å². The Kier molecular flexibility index (Phi) is 2.93. The molecule has 8 heteroatoms. The summed E-state index contributed by atoms with van der Waals surface area (Å²) in [4.78, 5) is 25.5. The van der Waals surface area contributed by atoms with E-state index in [1.807, 2.05) is 0 Å². The van der Waals surface area contributed by atoms with Gasteiger partial charge in [-0.25, -0.2) is 4.79 Å². The first-order valence-corrected chi connectivity index (χ1v) is 6.69. The SMILES string of the molecule is Cc1cn([C@@H]2O[C@@]3(C(C)(C)O)COC2C3O)c(=O)[nH]c1=O. The number of rotatable bonds is 2. The summed E-state index contributed by atoms with van der Waals surface area (Å²) >= 11 is 0. The number of aliphatic hydroxyl groups excluding tert-OH is 1. The van der Waals surface area contributed by atoms with Crippen molar-refractivity contribution in [2.24, 2.45) is 0 Å². The third-order valence-electron chi connectivity index (χ3n) is 4.35. The number of fused-ring (bicyclic) bond motifs is 2. The van der Waals surface area contributed by atoms with Crippen molar-refractivity contribution in [1.82, 2.24) is 9.55 Å². The Morgan fingerprint density at radius 2 is 2.14 bits per heavy atom. The van der Waals surface area contributed by atoms with Crippen molar-refractivity contribution in [3.05, 3.63) is 32.6 Å². The van der Waals surface area contributed by atoms with Gasteiger partial charge in [-0.15, -0.1) is 0 Å². The average molecular weight is 298 g/mol. The summed E-state index contributed by atoms with van der Waals surface area (Å²) in [5.74, 6) is 0. The number of nitrogens with zero attached hydrogens (tertiary/aromatic N) is 1. The van der Waals surface area contributed by atoms with Crippen molar-refractivity contribution in [2.45, 2.75) is 50.4 Å². The zero-order valence-electron chi connectivity index (χ0n) is 12.0. The number of aryl methyl sites for hydroxylation is 1. The maximum atomic E-state index is 11.9. The lowest BCUT2D eigenvalue weighted by molar-refractivity contribution is -0.236. The smallest absolute Gasteiger partial charge is 0.330 e. The molecule has 2 fully saturated rings. The number of aromatic amines is 1. The van der Waals surface area contributed by atoms with E-state index in [0.717, 1.165) is 0 Å². The topological polar surface area (TPSA) is 114 Å². The highest BCUT2D eigenvalue weighted by atomic mass is 16.7. The number of ether oxygens (including phenoxy) is 2. The highest BCUT2D eigenvalue weighted by molar-refractivity contribution is 5.15. The van der Waals surface area contributed by atoms with Gasteiger partial charge in [0.25, 0.3) is 5.56 Å². The molecule has 1 aromatic heterocycles. The Morgan fingerprint density at radius 3 is 2.71 bits per heavy atom. The van der Waals surface area contributed by atoms with Crippen LogP contribution in [0.2, 0.25) is 0 Å². The molecule has 2 saturated heterocycles. The van der Waals surface area contributed by atoms with Gasteiger partial charge < -0.3 is 19.7 Å². The van der Waals surface area contributed by atoms with Crippen LogP contribution in [0.1, 0.15) is 25.6 Å². The van der Waals surface area contributed by atoms with Crippen molar-refractivity contribution in [3.63, 3.8) is 0 Å². The summed E-state index contributed by atoms with van der Waals surface area (Å²) in [5.41, 5.74) is -3.43. The highest BCUT2D eigenvalue weighted by Gasteiger charge is 2.67. The van der Waals surface area contributed by atoms with Crippen LogP contribution in [0.15, 0.2) is 15.8 Å². The van der Waals surface area contributed by atoms with Crippen LogP contribution in [0.25, 0.3) is 0 Å². The fourth-order valence-electron chi connectivity index (χ4n) is 2.96. The fourth-order valence-corrected chi connectivity index (χ4v) is 2.96. The number of hydrogen-bond acceptors (Lipinski definition) is 6. The van der Waals surface area contributed by atoms with Gasteiger partial charge in [-0.1, -0.05) is 0 Å². The summed E-state index contributed by atoms with van der Waals surface area (Å²) in [7, 11) is 0. The van der Waals surface area contributed by atoms with Crippen molar-refractivity contribution in [1.29, 1.82) is 0 Å². The standard InChI is InChI=1S/C13H18N2O6/c1-6-4-15(11(18)14-9(6)17)10-7-8(16)13(21-10,5-20-7)12(2,3)19/h4,7-8,10,16,19H,5H2,1-3H3,(H,14,17,18)/t7?,8?,10-,13+/m1/s1. The molecule has 1 aromatic rings. The summed E-state index contributed by atoms with van der Waals surface area (Å²) < 4.78 is 12.5.